The largest absolute Gasteiger partial charge is 0.367 e. The molecule has 0 radical (unpaired) electrons. The molecule has 0 saturated carbocycles. The lowest BCUT2D eigenvalue weighted by atomic mass is 10.2. The summed E-state index contributed by atoms with van der Waals surface area (Å²) in [6.07, 6.45) is 0. The zero-order valence-electron chi connectivity index (χ0n) is 12.7. The Morgan fingerprint density at radius 1 is 1.04 bits per heavy atom. The average molecular weight is 315 g/mol. The summed E-state index contributed by atoms with van der Waals surface area (Å²) >= 11 is 0. The molecule has 1 aliphatic rings. The summed E-state index contributed by atoms with van der Waals surface area (Å²) in [7, 11) is 0. The Balaban J connectivity index is 1.62. The zero-order valence-corrected chi connectivity index (χ0v) is 12.7. The summed E-state index contributed by atoms with van der Waals surface area (Å²) < 4.78 is 14.1. The molecule has 0 N–H and O–H groups in total. The molecular formula is C17H18FN3O2. The van der Waals surface area contributed by atoms with Crippen molar-refractivity contribution < 1.29 is 9.31 Å². The van der Waals surface area contributed by atoms with Crippen LogP contribution >= 0.6 is 0 Å². The van der Waals surface area contributed by atoms with E-state index in [2.05, 4.69) is 17.0 Å². The van der Waals surface area contributed by atoms with Gasteiger partial charge in [0.05, 0.1) is 16.7 Å². The van der Waals surface area contributed by atoms with E-state index in [4.69, 9.17) is 0 Å². The van der Waals surface area contributed by atoms with Crippen molar-refractivity contribution in [2.45, 2.75) is 6.54 Å². The molecule has 120 valence electrons. The normalized spacial score (nSPS) is 15.6. The molecule has 1 heterocycles. The summed E-state index contributed by atoms with van der Waals surface area (Å²) in [5, 5.41) is 10.7. The Morgan fingerprint density at radius 2 is 1.74 bits per heavy atom. The Kier molecular flexibility index (Phi) is 4.52. The standard InChI is InChI=1S/C17H18FN3O2/c18-16-12-15(21(22)23)6-7-17(16)20-10-8-19(9-11-20)13-14-4-2-1-3-5-14/h1-7,12H,8-11,13H2. The minimum Gasteiger partial charge on any atom is -0.367 e. The van der Waals surface area contributed by atoms with Crippen LogP contribution < -0.4 is 4.90 Å². The second kappa shape index (κ2) is 6.75. The molecule has 0 amide bonds. The second-order valence-corrected chi connectivity index (χ2v) is 5.64. The molecule has 1 aliphatic heterocycles. The first-order valence-electron chi connectivity index (χ1n) is 7.58. The molecule has 23 heavy (non-hydrogen) atoms. The molecule has 0 atom stereocenters. The highest BCUT2D eigenvalue weighted by molar-refractivity contribution is 5.52. The monoisotopic (exact) mass is 315 g/mol. The van der Waals surface area contributed by atoms with Crippen LogP contribution in [-0.4, -0.2) is 36.0 Å². The van der Waals surface area contributed by atoms with Gasteiger partial charge in [0.1, 0.15) is 0 Å². The van der Waals surface area contributed by atoms with Gasteiger partial charge in [-0.3, -0.25) is 15.0 Å². The molecule has 5 nitrogen and oxygen atoms in total. The van der Waals surface area contributed by atoms with Crippen molar-refractivity contribution in [3.8, 4) is 0 Å². The second-order valence-electron chi connectivity index (χ2n) is 5.64. The lowest BCUT2D eigenvalue weighted by molar-refractivity contribution is -0.385. The van der Waals surface area contributed by atoms with Crippen molar-refractivity contribution in [2.75, 3.05) is 31.1 Å². The smallest absolute Gasteiger partial charge is 0.272 e. The first-order chi connectivity index (χ1) is 11.1. The van der Waals surface area contributed by atoms with Crippen LogP contribution in [0.3, 0.4) is 0 Å². The fourth-order valence-corrected chi connectivity index (χ4v) is 2.85. The third kappa shape index (κ3) is 3.65. The fourth-order valence-electron chi connectivity index (χ4n) is 2.85. The highest BCUT2D eigenvalue weighted by Crippen LogP contribution is 2.25. The van der Waals surface area contributed by atoms with Gasteiger partial charge in [-0.05, 0) is 11.6 Å². The van der Waals surface area contributed by atoms with Gasteiger partial charge in [-0.1, -0.05) is 30.3 Å². The topological polar surface area (TPSA) is 49.6 Å². The van der Waals surface area contributed by atoms with Crippen molar-refractivity contribution in [1.29, 1.82) is 0 Å². The Morgan fingerprint density at radius 3 is 2.35 bits per heavy atom. The number of anilines is 1. The van der Waals surface area contributed by atoms with E-state index in [0.717, 1.165) is 25.7 Å². The summed E-state index contributed by atoms with van der Waals surface area (Å²) in [5.74, 6) is -0.532. The molecule has 2 aromatic rings. The van der Waals surface area contributed by atoms with Gasteiger partial charge in [0.25, 0.3) is 5.69 Å². The molecule has 3 rings (SSSR count). The van der Waals surface area contributed by atoms with E-state index in [0.29, 0.717) is 18.8 Å². The highest BCUT2D eigenvalue weighted by atomic mass is 19.1. The Labute approximate surface area is 134 Å². The van der Waals surface area contributed by atoms with Gasteiger partial charge in [0.15, 0.2) is 5.82 Å². The van der Waals surface area contributed by atoms with E-state index in [1.807, 2.05) is 23.1 Å². The van der Waals surface area contributed by atoms with Crippen molar-refractivity contribution in [3.63, 3.8) is 0 Å². The van der Waals surface area contributed by atoms with Crippen LogP contribution in [0.4, 0.5) is 15.8 Å². The minimum atomic E-state index is -0.579. The lowest BCUT2D eigenvalue weighted by Crippen LogP contribution is -2.46. The minimum absolute atomic E-state index is 0.214. The van der Waals surface area contributed by atoms with Crippen LogP contribution in [0.5, 0.6) is 0 Å². The average Bonchev–Trinajstić information content (AvgIpc) is 2.56. The van der Waals surface area contributed by atoms with E-state index >= 15 is 0 Å². The van der Waals surface area contributed by atoms with Gasteiger partial charge in [-0.2, -0.15) is 0 Å². The van der Waals surface area contributed by atoms with E-state index < -0.39 is 10.7 Å². The molecule has 6 heteroatoms. The Bertz CT molecular complexity index is 685. The number of nitrogens with zero attached hydrogens (tertiary/aromatic N) is 3. The Hall–Kier alpha value is -2.47. The SMILES string of the molecule is O=[N+]([O-])c1ccc(N2CCN(Cc3ccccc3)CC2)c(F)c1. The predicted molar refractivity (Wildman–Crippen MR) is 87.0 cm³/mol. The van der Waals surface area contributed by atoms with Crippen LogP contribution in [-0.2, 0) is 6.54 Å². The number of hydrogen-bond acceptors (Lipinski definition) is 4. The maximum atomic E-state index is 14.1. The molecule has 0 bridgehead atoms. The third-order valence-electron chi connectivity index (χ3n) is 4.10. The first kappa shape index (κ1) is 15.4. The van der Waals surface area contributed by atoms with E-state index in [1.165, 1.54) is 17.7 Å². The number of nitro groups is 1. The number of halogens is 1. The highest BCUT2D eigenvalue weighted by Gasteiger charge is 2.21. The molecule has 0 aliphatic carbocycles. The van der Waals surface area contributed by atoms with Gasteiger partial charge in [-0.25, -0.2) is 4.39 Å². The maximum absolute atomic E-state index is 14.1. The molecular weight excluding hydrogens is 297 g/mol. The van der Waals surface area contributed by atoms with Crippen LogP contribution in [0.25, 0.3) is 0 Å². The van der Waals surface area contributed by atoms with Crippen LogP contribution in [0.2, 0.25) is 0 Å². The maximum Gasteiger partial charge on any atom is 0.272 e. The first-order valence-corrected chi connectivity index (χ1v) is 7.58. The number of rotatable bonds is 4. The molecule has 0 aromatic heterocycles. The zero-order chi connectivity index (χ0) is 16.2. The number of piperazine rings is 1. The number of hydrogen-bond donors (Lipinski definition) is 0. The van der Waals surface area contributed by atoms with E-state index in [9.17, 15) is 14.5 Å². The number of non-ortho nitro benzene ring substituents is 1. The summed E-state index contributed by atoms with van der Waals surface area (Å²) in [5.41, 5.74) is 1.49. The van der Waals surface area contributed by atoms with E-state index in [1.54, 1.807) is 0 Å². The van der Waals surface area contributed by atoms with E-state index in [-0.39, 0.29) is 5.69 Å². The molecule has 2 aromatic carbocycles. The van der Waals surface area contributed by atoms with Gasteiger partial charge in [0, 0.05) is 38.8 Å². The van der Waals surface area contributed by atoms with Crippen LogP contribution in [0.1, 0.15) is 5.56 Å². The van der Waals surface area contributed by atoms with Gasteiger partial charge >= 0.3 is 0 Å². The van der Waals surface area contributed by atoms with Gasteiger partial charge < -0.3 is 4.90 Å². The molecule has 0 spiro atoms. The van der Waals surface area contributed by atoms with Gasteiger partial charge in [0.2, 0.25) is 0 Å². The molecule has 0 unspecified atom stereocenters. The summed E-state index contributed by atoms with van der Waals surface area (Å²) in [4.78, 5) is 14.4. The fraction of sp³-hybridized carbons (Fsp3) is 0.294. The van der Waals surface area contributed by atoms with Crippen molar-refractivity contribution in [1.82, 2.24) is 4.90 Å². The molecule has 1 saturated heterocycles. The van der Waals surface area contributed by atoms with Crippen molar-refractivity contribution in [3.05, 3.63) is 70.0 Å². The van der Waals surface area contributed by atoms with Crippen LogP contribution in [0, 0.1) is 15.9 Å². The number of benzene rings is 2. The lowest BCUT2D eigenvalue weighted by Gasteiger charge is -2.36. The molecule has 1 fully saturated rings. The van der Waals surface area contributed by atoms with Gasteiger partial charge in [-0.15, -0.1) is 0 Å². The summed E-state index contributed by atoms with van der Waals surface area (Å²) in [6.45, 7) is 3.98. The predicted octanol–water partition coefficient (Wildman–Crippen LogP) is 3.06. The third-order valence-corrected chi connectivity index (χ3v) is 4.10. The van der Waals surface area contributed by atoms with Crippen LogP contribution in [0.15, 0.2) is 48.5 Å². The quantitative estimate of drug-likeness (QED) is 0.643. The van der Waals surface area contributed by atoms with Crippen molar-refractivity contribution >= 4 is 11.4 Å². The summed E-state index contributed by atoms with van der Waals surface area (Å²) in [6, 6.07) is 14.1. The number of nitro benzene ring substituents is 1. The van der Waals surface area contributed by atoms with Crippen molar-refractivity contribution in [2.24, 2.45) is 0 Å².